The minimum atomic E-state index is -4.56. The predicted octanol–water partition coefficient (Wildman–Crippen LogP) is 0.891. The van der Waals surface area contributed by atoms with Crippen molar-refractivity contribution in [2.45, 2.75) is 42.5 Å². The van der Waals surface area contributed by atoms with Crippen molar-refractivity contribution in [2.24, 2.45) is 0 Å². The zero-order valence-corrected chi connectivity index (χ0v) is 21.9. The molecule has 3 heterocycles. The van der Waals surface area contributed by atoms with Crippen LogP contribution < -0.4 is 13.9 Å². The second-order valence-corrected chi connectivity index (χ2v) is 12.7. The van der Waals surface area contributed by atoms with Crippen LogP contribution in [0, 0.1) is 0 Å². The molecule has 0 saturated carbocycles. The average Bonchev–Trinajstić information content (AvgIpc) is 3.10. The molecule has 37 heavy (non-hydrogen) atoms. The van der Waals surface area contributed by atoms with Crippen LogP contribution in [-0.4, -0.2) is 69.3 Å². The fraction of sp³-hybridized carbons (Fsp3) is 0.318. The fourth-order valence-electron chi connectivity index (χ4n) is 4.22. The van der Waals surface area contributed by atoms with Crippen molar-refractivity contribution in [2.75, 3.05) is 3.82 Å². The van der Waals surface area contributed by atoms with Gasteiger partial charge in [0.15, 0.2) is 0 Å². The van der Waals surface area contributed by atoms with Gasteiger partial charge in [0, 0.05) is 28.9 Å². The quantitative estimate of drug-likeness (QED) is 0.310. The maximum atomic E-state index is 12.8. The number of benzene rings is 1. The lowest BCUT2D eigenvalue weighted by atomic mass is 9.96. The van der Waals surface area contributed by atoms with Crippen LogP contribution in [0.4, 0.5) is 5.69 Å². The Bertz CT molecular complexity index is 1370. The summed E-state index contributed by atoms with van der Waals surface area (Å²) in [6, 6.07) is 6.82. The molecule has 0 radical (unpaired) electrons. The summed E-state index contributed by atoms with van der Waals surface area (Å²) in [4.78, 5) is 54.4. The molecule has 0 bridgehead atoms. The molecular formula is C22H22ClN5O7S2. The first-order chi connectivity index (χ1) is 17.3. The number of rotatable bonds is 8. The van der Waals surface area contributed by atoms with E-state index in [4.69, 9.17) is 11.8 Å². The highest BCUT2D eigenvalue weighted by molar-refractivity contribution is 8.01. The molecule has 196 valence electrons. The lowest BCUT2D eigenvalue weighted by molar-refractivity contribution is -0.161. The van der Waals surface area contributed by atoms with Gasteiger partial charge in [-0.25, -0.2) is 9.52 Å². The van der Waals surface area contributed by atoms with E-state index >= 15 is 0 Å². The van der Waals surface area contributed by atoms with Crippen molar-refractivity contribution >= 4 is 63.1 Å². The van der Waals surface area contributed by atoms with Gasteiger partial charge in [-0.1, -0.05) is 18.2 Å². The molecule has 3 N–H and O–H groups in total. The summed E-state index contributed by atoms with van der Waals surface area (Å²) >= 11 is 7.38. The lowest BCUT2D eigenvalue weighted by Gasteiger charge is -2.43. The van der Waals surface area contributed by atoms with Crippen LogP contribution in [0.3, 0.4) is 0 Å². The molecule has 4 rings (SSSR count). The van der Waals surface area contributed by atoms with Gasteiger partial charge in [-0.3, -0.25) is 19.4 Å². The number of nitrogens with one attached hydrogen (secondary N) is 2. The third kappa shape index (κ3) is 5.08. The van der Waals surface area contributed by atoms with E-state index in [1.807, 2.05) is 4.72 Å². The predicted molar refractivity (Wildman–Crippen MR) is 135 cm³/mol. The summed E-state index contributed by atoms with van der Waals surface area (Å²) in [5, 5.41) is 11.6. The maximum Gasteiger partial charge on any atom is 0.340 e. The summed E-state index contributed by atoms with van der Waals surface area (Å²) in [5.41, 5.74) is 0.136. The molecule has 1 unspecified atom stereocenters. The number of carbonyl (C=O) groups is 4. The van der Waals surface area contributed by atoms with Crippen molar-refractivity contribution in [3.05, 3.63) is 59.9 Å². The van der Waals surface area contributed by atoms with Gasteiger partial charge in [0.2, 0.25) is 11.8 Å². The maximum absolute atomic E-state index is 12.8. The first-order valence-electron chi connectivity index (χ1n) is 10.9. The van der Waals surface area contributed by atoms with E-state index in [-0.39, 0.29) is 23.2 Å². The molecule has 2 fully saturated rings. The van der Waals surface area contributed by atoms with Crippen LogP contribution in [0.5, 0.6) is 0 Å². The lowest BCUT2D eigenvalue weighted by Crippen LogP contribution is -2.70. The SMILES string of the molecule is CC1(C)S[C@@H]2C(NC(=O)Cc3ccccc3N(Cl)S(=O)(=O)NC(=O)c3cccnc3)C(=O)N2[C@H]1C(=O)O. The minimum Gasteiger partial charge on any atom is -0.480 e. The molecule has 1 aromatic heterocycles. The monoisotopic (exact) mass is 567 g/mol. The van der Waals surface area contributed by atoms with E-state index < -0.39 is 56.1 Å². The van der Waals surface area contributed by atoms with E-state index in [2.05, 4.69) is 10.3 Å². The second-order valence-electron chi connectivity index (χ2n) is 8.84. The van der Waals surface area contributed by atoms with Crippen LogP contribution in [0.15, 0.2) is 48.8 Å². The van der Waals surface area contributed by atoms with E-state index in [0.29, 0.717) is 3.82 Å². The van der Waals surface area contributed by atoms with Gasteiger partial charge >= 0.3 is 16.2 Å². The number of aliphatic carboxylic acids is 1. The summed E-state index contributed by atoms with van der Waals surface area (Å²) in [6.45, 7) is 3.44. The molecular weight excluding hydrogens is 546 g/mol. The number of halogens is 1. The molecule has 2 aliphatic heterocycles. The van der Waals surface area contributed by atoms with Crippen LogP contribution in [0.25, 0.3) is 0 Å². The van der Waals surface area contributed by atoms with E-state index in [1.54, 1.807) is 19.9 Å². The molecule has 2 aliphatic rings. The average molecular weight is 568 g/mol. The highest BCUT2D eigenvalue weighted by Gasteiger charge is 2.64. The summed E-state index contributed by atoms with van der Waals surface area (Å²) in [7, 11) is -4.56. The Labute approximate surface area is 221 Å². The Hall–Kier alpha value is -3.36. The number of fused-ring (bicyclic) bond motifs is 1. The number of hydrogen-bond donors (Lipinski definition) is 3. The van der Waals surface area contributed by atoms with Crippen molar-refractivity contribution in [3.8, 4) is 0 Å². The number of hydrogen-bond acceptors (Lipinski definition) is 8. The molecule has 2 saturated heterocycles. The number of anilines is 1. The zero-order chi connectivity index (χ0) is 27.1. The molecule has 3 amide bonds. The summed E-state index contributed by atoms with van der Waals surface area (Å²) < 4.78 is 26.9. The van der Waals surface area contributed by atoms with Crippen LogP contribution in [0.2, 0.25) is 0 Å². The highest BCUT2D eigenvalue weighted by atomic mass is 35.5. The topological polar surface area (TPSA) is 166 Å². The molecule has 0 spiro atoms. The summed E-state index contributed by atoms with van der Waals surface area (Å²) in [6.07, 6.45) is 2.28. The van der Waals surface area contributed by atoms with Crippen molar-refractivity contribution in [1.29, 1.82) is 0 Å². The Morgan fingerprint density at radius 2 is 1.92 bits per heavy atom. The van der Waals surface area contributed by atoms with Gasteiger partial charge in [0.05, 0.1) is 17.7 Å². The first-order valence-corrected chi connectivity index (χ1v) is 13.5. The summed E-state index contributed by atoms with van der Waals surface area (Å²) in [5.74, 6) is -3.16. The highest BCUT2D eigenvalue weighted by Crippen LogP contribution is 2.50. The smallest absolute Gasteiger partial charge is 0.340 e. The number of pyridine rings is 1. The number of para-hydroxylation sites is 1. The fourth-order valence-corrected chi connectivity index (χ4v) is 6.98. The number of carboxylic acid groups (broad SMARTS) is 1. The number of β-lactam (4-membered cyclic amide) rings is 1. The van der Waals surface area contributed by atoms with E-state index in [0.717, 1.165) is 0 Å². The second kappa shape index (κ2) is 9.84. The van der Waals surface area contributed by atoms with Gasteiger partial charge in [-0.15, -0.1) is 11.8 Å². The van der Waals surface area contributed by atoms with Gasteiger partial charge < -0.3 is 15.3 Å². The Morgan fingerprint density at radius 1 is 1.22 bits per heavy atom. The standard InChI is InChI=1S/C22H22ClN5O7S2/c1-22(2)17(21(32)33)27-19(31)16(20(27)36-22)25-15(29)10-12-6-3-4-8-14(12)28(23)37(34,35)26-18(30)13-7-5-9-24-11-13/h3-9,11,16-17,20H,10H2,1-2H3,(H,25,29)(H,26,30)(H,32,33)/t16?,17-,20+/m0/s1. The third-order valence-electron chi connectivity index (χ3n) is 5.88. The van der Waals surface area contributed by atoms with Crippen LogP contribution in [0.1, 0.15) is 29.8 Å². The first kappa shape index (κ1) is 26.7. The number of thioether (sulfide) groups is 1. The number of amides is 3. The normalized spacial score (nSPS) is 22.0. The van der Waals surface area contributed by atoms with Crippen molar-refractivity contribution in [3.63, 3.8) is 0 Å². The van der Waals surface area contributed by atoms with Gasteiger partial charge in [0.1, 0.15) is 17.5 Å². The Morgan fingerprint density at radius 3 is 2.57 bits per heavy atom. The number of carboxylic acids is 1. The zero-order valence-electron chi connectivity index (χ0n) is 19.5. The molecule has 3 atom stereocenters. The molecule has 15 heteroatoms. The molecule has 1 aromatic carbocycles. The molecule has 0 aliphatic carbocycles. The van der Waals surface area contributed by atoms with Crippen LogP contribution in [-0.2, 0) is 31.0 Å². The van der Waals surface area contributed by atoms with E-state index in [9.17, 15) is 32.7 Å². The Kier molecular flexibility index (Phi) is 7.10. The van der Waals surface area contributed by atoms with Gasteiger partial charge in [-0.2, -0.15) is 12.2 Å². The van der Waals surface area contributed by atoms with Crippen molar-refractivity contribution in [1.82, 2.24) is 19.9 Å². The molecule has 2 aromatic rings. The largest absolute Gasteiger partial charge is 0.480 e. The van der Waals surface area contributed by atoms with Crippen molar-refractivity contribution < 1.29 is 32.7 Å². The van der Waals surface area contributed by atoms with Gasteiger partial charge in [-0.05, 0) is 37.6 Å². The number of aromatic nitrogens is 1. The molecule has 12 nitrogen and oxygen atoms in total. The third-order valence-corrected chi connectivity index (χ3v) is 9.24. The number of nitrogens with zero attached hydrogens (tertiary/aromatic N) is 3. The van der Waals surface area contributed by atoms with E-state index in [1.165, 1.54) is 59.4 Å². The van der Waals surface area contributed by atoms with Gasteiger partial charge in [0.25, 0.3) is 5.91 Å². The number of carbonyl (C=O) groups excluding carboxylic acids is 3. The minimum absolute atomic E-state index is 0.00103. The Balaban J connectivity index is 1.45. The van der Waals surface area contributed by atoms with Crippen LogP contribution >= 0.6 is 23.5 Å².